The number of allylic oxidation sites excluding steroid dienone is 1. The monoisotopic (exact) mass is 391 g/mol. The Bertz CT molecular complexity index is 945. The number of rotatable bonds is 4. The van der Waals surface area contributed by atoms with E-state index in [9.17, 15) is 10.1 Å². The van der Waals surface area contributed by atoms with Crippen molar-refractivity contribution < 1.29 is 4.79 Å². The van der Waals surface area contributed by atoms with Crippen LogP contribution in [0.1, 0.15) is 24.0 Å². The molecule has 29 heavy (non-hydrogen) atoms. The van der Waals surface area contributed by atoms with Crippen LogP contribution in [0.2, 0.25) is 0 Å². The minimum absolute atomic E-state index is 0.0223. The van der Waals surface area contributed by atoms with E-state index in [-0.39, 0.29) is 18.6 Å². The van der Waals surface area contributed by atoms with Crippen molar-refractivity contribution in [1.82, 2.24) is 19.9 Å². The summed E-state index contributed by atoms with van der Waals surface area (Å²) in [5.74, 6) is 5.98. The third-order valence-corrected chi connectivity index (χ3v) is 5.06. The van der Waals surface area contributed by atoms with Crippen molar-refractivity contribution in [3.8, 4) is 6.07 Å². The van der Waals surface area contributed by atoms with Crippen molar-refractivity contribution in [1.29, 1.82) is 5.26 Å². The van der Waals surface area contributed by atoms with E-state index >= 15 is 0 Å². The van der Waals surface area contributed by atoms with Gasteiger partial charge in [-0.1, -0.05) is 23.4 Å². The van der Waals surface area contributed by atoms with Gasteiger partial charge in [-0.3, -0.25) is 4.90 Å². The third-order valence-electron chi connectivity index (χ3n) is 5.06. The van der Waals surface area contributed by atoms with E-state index in [1.165, 1.54) is 5.12 Å². The Hall–Kier alpha value is -3.87. The van der Waals surface area contributed by atoms with Gasteiger partial charge >= 0.3 is 6.03 Å². The van der Waals surface area contributed by atoms with Gasteiger partial charge in [-0.25, -0.2) is 9.80 Å². The van der Waals surface area contributed by atoms with Crippen LogP contribution in [-0.2, 0) is 6.54 Å². The fourth-order valence-corrected chi connectivity index (χ4v) is 3.68. The number of likely N-dealkylation sites (tertiary alicyclic amines) is 1. The lowest BCUT2D eigenvalue weighted by Crippen LogP contribution is -2.54. The largest absolute Gasteiger partial charge is 0.366 e. The smallest absolute Gasteiger partial charge is 0.354 e. The van der Waals surface area contributed by atoms with Crippen molar-refractivity contribution in [2.75, 3.05) is 13.1 Å². The summed E-state index contributed by atoms with van der Waals surface area (Å²) < 4.78 is 0. The zero-order chi connectivity index (χ0) is 20.2. The highest BCUT2D eigenvalue weighted by molar-refractivity contribution is 5.80. The molecule has 1 saturated heterocycles. The van der Waals surface area contributed by atoms with E-state index in [0.717, 1.165) is 30.8 Å². The molecule has 3 heterocycles. The maximum Gasteiger partial charge on any atom is 0.366 e. The van der Waals surface area contributed by atoms with E-state index in [2.05, 4.69) is 26.4 Å². The van der Waals surface area contributed by atoms with Gasteiger partial charge in [-0.05, 0) is 30.5 Å². The number of nitrogens with two attached hydrogens (primary N) is 1. The summed E-state index contributed by atoms with van der Waals surface area (Å²) >= 11 is 0. The molecule has 0 radical (unpaired) electrons. The number of urea groups is 1. The number of hydrogen-bond donors (Lipinski definition) is 1. The van der Waals surface area contributed by atoms with Crippen molar-refractivity contribution in [3.05, 3.63) is 59.7 Å². The average Bonchev–Trinajstić information content (AvgIpc) is 2.76. The standard InChI is InChI=1S/C19H21N9O/c20-11-15-5-1-2-6-16(15)12-27-18(25-9-3-7-17(13-25)23-24-21)14-26-10-4-8-22-28(26)19(27)29/h1-2,4-6,8,10,14,17H,3,7,9,12-13H2,(H2,21,23)/t17-/m1/s1. The highest BCUT2D eigenvalue weighted by atomic mass is 16.2. The lowest BCUT2D eigenvalue weighted by Gasteiger charge is -2.44. The molecule has 0 aliphatic carbocycles. The molecule has 3 aliphatic rings. The Labute approximate surface area is 168 Å². The number of hydrazine groups is 1. The maximum atomic E-state index is 13.3. The molecule has 0 spiro atoms. The summed E-state index contributed by atoms with van der Waals surface area (Å²) in [6.45, 7) is 1.65. The van der Waals surface area contributed by atoms with Crippen LogP contribution in [0.5, 0.6) is 0 Å². The molecular weight excluding hydrogens is 370 g/mol. The fraction of sp³-hybridized carbons (Fsp3) is 0.316. The van der Waals surface area contributed by atoms with Crippen molar-refractivity contribution >= 4 is 12.2 Å². The van der Waals surface area contributed by atoms with Crippen LogP contribution >= 0.6 is 0 Å². The fourth-order valence-electron chi connectivity index (χ4n) is 3.68. The predicted molar refractivity (Wildman–Crippen MR) is 105 cm³/mol. The highest BCUT2D eigenvalue weighted by Crippen LogP contribution is 2.29. The molecule has 0 aromatic heterocycles. The molecule has 1 aromatic carbocycles. The van der Waals surface area contributed by atoms with E-state index in [0.29, 0.717) is 12.1 Å². The average molecular weight is 391 g/mol. The maximum absolute atomic E-state index is 13.3. The molecule has 2 N–H and O–H groups in total. The van der Waals surface area contributed by atoms with Crippen molar-refractivity contribution in [2.45, 2.75) is 25.4 Å². The van der Waals surface area contributed by atoms with Gasteiger partial charge < -0.3 is 10.7 Å². The second-order valence-electron chi connectivity index (χ2n) is 6.87. The Kier molecular flexibility index (Phi) is 5.11. The molecule has 1 fully saturated rings. The van der Waals surface area contributed by atoms with Crippen molar-refractivity contribution in [3.63, 3.8) is 0 Å². The van der Waals surface area contributed by atoms with Gasteiger partial charge in [0.2, 0.25) is 0 Å². The zero-order valence-electron chi connectivity index (χ0n) is 15.8. The van der Waals surface area contributed by atoms with Crippen molar-refractivity contribution in [2.24, 2.45) is 21.3 Å². The first kappa shape index (κ1) is 18.5. The van der Waals surface area contributed by atoms with E-state index < -0.39 is 0 Å². The molecule has 0 saturated carbocycles. The zero-order valence-corrected chi connectivity index (χ0v) is 15.8. The first-order valence-electron chi connectivity index (χ1n) is 9.36. The Morgan fingerprint density at radius 2 is 2.21 bits per heavy atom. The second-order valence-corrected chi connectivity index (χ2v) is 6.87. The van der Waals surface area contributed by atoms with Crippen LogP contribution in [0.4, 0.5) is 4.79 Å². The third kappa shape index (κ3) is 3.62. The molecule has 0 unspecified atom stereocenters. The van der Waals surface area contributed by atoms with E-state index in [1.807, 2.05) is 24.4 Å². The predicted octanol–water partition coefficient (Wildman–Crippen LogP) is 2.12. The van der Waals surface area contributed by atoms with E-state index in [1.54, 1.807) is 34.5 Å². The molecular formula is C19H21N9O. The number of amides is 2. The Morgan fingerprint density at radius 1 is 1.34 bits per heavy atom. The lowest BCUT2D eigenvalue weighted by molar-refractivity contribution is 0.0402. The van der Waals surface area contributed by atoms with Crippen LogP contribution in [0, 0.1) is 11.3 Å². The molecule has 3 aliphatic heterocycles. The summed E-state index contributed by atoms with van der Waals surface area (Å²) in [7, 11) is 0. The first-order valence-corrected chi connectivity index (χ1v) is 9.36. The minimum atomic E-state index is -0.293. The number of carbonyl (C=O) groups is 1. The Morgan fingerprint density at radius 3 is 3.03 bits per heavy atom. The second kappa shape index (κ2) is 8.02. The number of nitriles is 1. The summed E-state index contributed by atoms with van der Waals surface area (Å²) in [6.07, 6.45) is 8.77. The van der Waals surface area contributed by atoms with Gasteiger partial charge in [-0.2, -0.15) is 15.5 Å². The van der Waals surface area contributed by atoms with Gasteiger partial charge in [0, 0.05) is 19.3 Å². The van der Waals surface area contributed by atoms with Gasteiger partial charge in [0.05, 0.1) is 36.6 Å². The number of hydrogen-bond acceptors (Lipinski definition) is 7. The molecule has 148 valence electrons. The minimum Gasteiger partial charge on any atom is -0.354 e. The molecule has 1 aromatic rings. The number of nitrogens with zero attached hydrogens (tertiary/aromatic N) is 8. The quantitative estimate of drug-likeness (QED) is 0.479. The summed E-state index contributed by atoms with van der Waals surface area (Å²) in [5, 5.41) is 24.1. The molecule has 10 nitrogen and oxygen atoms in total. The first-order chi connectivity index (χ1) is 14.2. The molecule has 1 atom stereocenters. The summed E-state index contributed by atoms with van der Waals surface area (Å²) in [4.78, 5) is 17.0. The molecule has 2 amide bonds. The van der Waals surface area contributed by atoms with Crippen LogP contribution in [0.25, 0.3) is 0 Å². The number of carbonyl (C=O) groups excluding carboxylic acids is 1. The van der Waals surface area contributed by atoms with Crippen LogP contribution in [0.3, 0.4) is 0 Å². The normalized spacial score (nSPS) is 21.4. The van der Waals surface area contributed by atoms with Gasteiger partial charge in [0.15, 0.2) is 0 Å². The van der Waals surface area contributed by atoms with Gasteiger partial charge in [0.25, 0.3) is 0 Å². The van der Waals surface area contributed by atoms with Crippen LogP contribution in [-0.4, -0.2) is 51.3 Å². The number of benzene rings is 1. The molecule has 4 rings (SSSR count). The molecule has 10 heteroatoms. The number of piperidine rings is 1. The van der Waals surface area contributed by atoms with E-state index in [4.69, 9.17) is 5.84 Å². The molecule has 0 bridgehead atoms. The number of fused-ring (bicyclic) bond motifs is 1. The Balaban J connectivity index is 1.69. The van der Waals surface area contributed by atoms with Gasteiger partial charge in [0.1, 0.15) is 5.82 Å². The summed E-state index contributed by atoms with van der Waals surface area (Å²) in [6, 6.07) is 9.16. The SMILES string of the molecule is N#Cc1ccccc1CN1C(=O)N2N=CC=CN2C=C1N1CCC[C@@H](N=NN)C1. The topological polar surface area (TPSA) is 117 Å². The highest BCUT2D eigenvalue weighted by Gasteiger charge is 2.37. The van der Waals surface area contributed by atoms with Gasteiger partial charge in [-0.15, -0.1) is 5.12 Å². The summed E-state index contributed by atoms with van der Waals surface area (Å²) in [5.41, 5.74) is 1.31. The van der Waals surface area contributed by atoms with Crippen LogP contribution in [0.15, 0.2) is 64.0 Å². The van der Waals surface area contributed by atoms with Crippen LogP contribution < -0.4 is 5.84 Å². The lowest BCUT2D eigenvalue weighted by atomic mass is 10.1. The number of hydrazone groups is 1.